The molecule has 4 heteroatoms. The summed E-state index contributed by atoms with van der Waals surface area (Å²) in [6.07, 6.45) is 2.01. The van der Waals surface area contributed by atoms with Crippen LogP contribution in [0.1, 0.15) is 25.0 Å². The van der Waals surface area contributed by atoms with Crippen LogP contribution in [0.2, 0.25) is 0 Å². The third-order valence-electron chi connectivity index (χ3n) is 3.37. The van der Waals surface area contributed by atoms with Gasteiger partial charge in [0.25, 0.3) is 0 Å². The van der Waals surface area contributed by atoms with E-state index in [1.54, 1.807) is 13.8 Å². The van der Waals surface area contributed by atoms with Gasteiger partial charge in [-0.2, -0.15) is 0 Å². The fourth-order valence-electron chi connectivity index (χ4n) is 1.51. The Hall–Kier alpha value is -0.350. The molecule has 0 saturated heterocycles. The summed E-state index contributed by atoms with van der Waals surface area (Å²) in [6, 6.07) is 8.06. The van der Waals surface area contributed by atoms with Crippen molar-refractivity contribution in [2.75, 3.05) is 6.26 Å². The first-order valence-electron chi connectivity index (χ1n) is 5.54. The second kappa shape index (κ2) is 5.11. The van der Waals surface area contributed by atoms with Crippen LogP contribution in [0, 0.1) is 6.92 Å². The van der Waals surface area contributed by atoms with E-state index >= 15 is 0 Å². The molecule has 0 aliphatic carbocycles. The van der Waals surface area contributed by atoms with Crippen LogP contribution in [0.3, 0.4) is 0 Å². The molecule has 1 rings (SSSR count). The number of hydrogen-bond donors (Lipinski definition) is 0. The van der Waals surface area contributed by atoms with Gasteiger partial charge >= 0.3 is 0 Å². The van der Waals surface area contributed by atoms with Gasteiger partial charge < -0.3 is 0 Å². The molecule has 0 fully saturated rings. The molecule has 0 aliphatic rings. The molecular formula is C13H19BrO2S. The summed E-state index contributed by atoms with van der Waals surface area (Å²) in [7, 11) is -3.08. The summed E-state index contributed by atoms with van der Waals surface area (Å²) in [5.41, 5.74) is 2.38. The van der Waals surface area contributed by atoms with Crippen LogP contribution in [-0.2, 0) is 16.3 Å². The Morgan fingerprint density at radius 3 is 2.29 bits per heavy atom. The second-order valence-electron chi connectivity index (χ2n) is 4.97. The largest absolute Gasteiger partial charge is 0.229 e. The van der Waals surface area contributed by atoms with Gasteiger partial charge in [-0.05, 0) is 38.3 Å². The van der Waals surface area contributed by atoms with E-state index in [1.807, 2.05) is 31.2 Å². The highest BCUT2D eigenvalue weighted by molar-refractivity contribution is 9.09. The number of alkyl halides is 1. The van der Waals surface area contributed by atoms with Crippen molar-refractivity contribution in [3.63, 3.8) is 0 Å². The molecule has 0 amide bonds. The van der Waals surface area contributed by atoms with Gasteiger partial charge in [-0.25, -0.2) is 8.42 Å². The van der Waals surface area contributed by atoms with Crippen LogP contribution in [0.15, 0.2) is 24.3 Å². The highest BCUT2D eigenvalue weighted by Crippen LogP contribution is 2.29. The number of sulfone groups is 1. The molecule has 0 N–H and O–H groups in total. The van der Waals surface area contributed by atoms with Crippen molar-refractivity contribution in [2.45, 2.75) is 36.8 Å². The van der Waals surface area contributed by atoms with Gasteiger partial charge in [0, 0.05) is 11.1 Å². The molecule has 0 spiro atoms. The molecule has 0 heterocycles. The highest BCUT2D eigenvalue weighted by atomic mass is 79.9. The zero-order valence-corrected chi connectivity index (χ0v) is 13.1. The minimum absolute atomic E-state index is 0.0916. The Morgan fingerprint density at radius 1 is 1.29 bits per heavy atom. The lowest BCUT2D eigenvalue weighted by Crippen LogP contribution is -2.41. The summed E-state index contributed by atoms with van der Waals surface area (Å²) in [6.45, 7) is 5.57. The van der Waals surface area contributed by atoms with Crippen LogP contribution in [0.4, 0.5) is 0 Å². The molecular weight excluding hydrogens is 300 g/mol. The minimum atomic E-state index is -3.08. The van der Waals surface area contributed by atoms with Crippen LogP contribution >= 0.6 is 15.9 Å². The Morgan fingerprint density at radius 2 is 1.82 bits per heavy atom. The normalized spacial score (nSPS) is 14.6. The number of halogens is 1. The van der Waals surface area contributed by atoms with Crippen LogP contribution in [-0.4, -0.2) is 24.2 Å². The molecule has 0 saturated carbocycles. The Balaban J connectivity index is 2.95. The highest BCUT2D eigenvalue weighted by Gasteiger charge is 2.37. The van der Waals surface area contributed by atoms with E-state index in [9.17, 15) is 8.42 Å². The van der Waals surface area contributed by atoms with Gasteiger partial charge in [0.05, 0.1) is 4.75 Å². The molecule has 0 radical (unpaired) electrons. The Kier molecular flexibility index (Phi) is 4.42. The number of hydrogen-bond acceptors (Lipinski definition) is 2. The Labute approximate surface area is 112 Å². The molecule has 1 aromatic rings. The van der Waals surface area contributed by atoms with Gasteiger partial charge in [0.2, 0.25) is 0 Å². The van der Waals surface area contributed by atoms with Crippen LogP contribution < -0.4 is 0 Å². The smallest absolute Gasteiger partial charge is 0.153 e. The molecule has 0 aliphatic heterocycles. The zero-order valence-electron chi connectivity index (χ0n) is 10.7. The van der Waals surface area contributed by atoms with E-state index in [0.717, 1.165) is 0 Å². The lowest BCUT2D eigenvalue weighted by molar-refractivity contribution is 0.542. The van der Waals surface area contributed by atoms with Crippen molar-refractivity contribution in [3.8, 4) is 0 Å². The molecule has 96 valence electrons. The minimum Gasteiger partial charge on any atom is -0.229 e. The van der Waals surface area contributed by atoms with Crippen LogP contribution in [0.25, 0.3) is 0 Å². The predicted molar refractivity (Wildman–Crippen MR) is 76.5 cm³/mol. The van der Waals surface area contributed by atoms with Gasteiger partial charge in [-0.3, -0.25) is 0 Å². The van der Waals surface area contributed by atoms with Crippen molar-refractivity contribution >= 4 is 25.8 Å². The first-order valence-corrected chi connectivity index (χ1v) is 8.35. The zero-order chi connectivity index (χ0) is 13.3. The second-order valence-corrected chi connectivity index (χ2v) is 8.68. The van der Waals surface area contributed by atoms with E-state index < -0.39 is 14.6 Å². The van der Waals surface area contributed by atoms with Crippen molar-refractivity contribution in [3.05, 3.63) is 35.4 Å². The van der Waals surface area contributed by atoms with E-state index in [1.165, 1.54) is 17.4 Å². The third kappa shape index (κ3) is 3.32. The van der Waals surface area contributed by atoms with Crippen molar-refractivity contribution < 1.29 is 8.42 Å². The van der Waals surface area contributed by atoms with E-state index in [-0.39, 0.29) is 4.83 Å². The topological polar surface area (TPSA) is 34.1 Å². The maximum Gasteiger partial charge on any atom is 0.153 e. The maximum atomic E-state index is 11.7. The molecule has 1 aromatic carbocycles. The number of benzene rings is 1. The summed E-state index contributed by atoms with van der Waals surface area (Å²) in [4.78, 5) is -0.0916. The third-order valence-corrected chi connectivity index (χ3v) is 7.34. The first-order chi connectivity index (χ1) is 7.66. The lowest BCUT2D eigenvalue weighted by atomic mass is 9.98. The summed E-state index contributed by atoms with van der Waals surface area (Å²) in [5, 5.41) is 0. The molecule has 1 unspecified atom stereocenters. The van der Waals surface area contributed by atoms with E-state index in [2.05, 4.69) is 15.9 Å². The summed E-state index contributed by atoms with van der Waals surface area (Å²) >= 11 is 3.53. The molecule has 17 heavy (non-hydrogen) atoms. The molecule has 0 bridgehead atoms. The fraction of sp³-hybridized carbons (Fsp3) is 0.538. The molecule has 0 aromatic heterocycles. The van der Waals surface area contributed by atoms with Crippen molar-refractivity contribution in [1.82, 2.24) is 0 Å². The molecule has 2 nitrogen and oxygen atoms in total. The SMILES string of the molecule is Cc1ccccc1CC(Br)C(C)(C)S(C)(=O)=O. The first kappa shape index (κ1) is 14.7. The summed E-state index contributed by atoms with van der Waals surface area (Å²) < 4.78 is 22.7. The van der Waals surface area contributed by atoms with Crippen LogP contribution in [0.5, 0.6) is 0 Å². The number of aryl methyl sites for hydroxylation is 1. The average Bonchev–Trinajstić information content (AvgIpc) is 2.19. The predicted octanol–water partition coefficient (Wildman–Crippen LogP) is 3.12. The van der Waals surface area contributed by atoms with E-state index in [0.29, 0.717) is 6.42 Å². The standard InChI is InChI=1S/C13H19BrO2S/c1-10-7-5-6-8-11(10)9-12(14)13(2,3)17(4,15)16/h5-8,12H,9H2,1-4H3. The van der Waals surface area contributed by atoms with Gasteiger partial charge in [-0.15, -0.1) is 0 Å². The molecule has 1 atom stereocenters. The lowest BCUT2D eigenvalue weighted by Gasteiger charge is -2.28. The summed E-state index contributed by atoms with van der Waals surface area (Å²) in [5.74, 6) is 0. The van der Waals surface area contributed by atoms with Crippen molar-refractivity contribution in [2.24, 2.45) is 0 Å². The Bertz CT molecular complexity index is 492. The van der Waals surface area contributed by atoms with Gasteiger partial charge in [0.1, 0.15) is 0 Å². The monoisotopic (exact) mass is 318 g/mol. The van der Waals surface area contributed by atoms with Gasteiger partial charge in [0.15, 0.2) is 9.84 Å². The van der Waals surface area contributed by atoms with E-state index in [4.69, 9.17) is 0 Å². The van der Waals surface area contributed by atoms with Crippen molar-refractivity contribution in [1.29, 1.82) is 0 Å². The van der Waals surface area contributed by atoms with Gasteiger partial charge in [-0.1, -0.05) is 40.2 Å². The quantitative estimate of drug-likeness (QED) is 0.799. The maximum absolute atomic E-state index is 11.7. The average molecular weight is 319 g/mol. The number of rotatable bonds is 4. The fourth-order valence-corrected chi connectivity index (χ4v) is 3.43.